The molecular formula is C24H26O5. The van der Waals surface area contributed by atoms with Crippen LogP contribution in [0, 0.1) is 12.8 Å². The molecule has 0 saturated carbocycles. The Morgan fingerprint density at radius 3 is 2.41 bits per heavy atom. The van der Waals surface area contributed by atoms with Crippen molar-refractivity contribution in [1.29, 1.82) is 0 Å². The van der Waals surface area contributed by atoms with Crippen molar-refractivity contribution >= 4 is 17.3 Å². The van der Waals surface area contributed by atoms with Crippen LogP contribution in [-0.2, 0) is 14.3 Å². The van der Waals surface area contributed by atoms with Gasteiger partial charge in [0.15, 0.2) is 5.78 Å². The first-order valence-corrected chi connectivity index (χ1v) is 9.68. The number of ether oxygens (including phenoxy) is 3. The van der Waals surface area contributed by atoms with Gasteiger partial charge in [0.1, 0.15) is 17.4 Å². The highest BCUT2D eigenvalue weighted by atomic mass is 16.5. The lowest BCUT2D eigenvalue weighted by molar-refractivity contribution is -0.151. The Bertz CT molecular complexity index is 927. The summed E-state index contributed by atoms with van der Waals surface area (Å²) in [5, 5.41) is 0. The number of esters is 1. The van der Waals surface area contributed by atoms with Gasteiger partial charge in [-0.15, -0.1) is 0 Å². The predicted molar refractivity (Wildman–Crippen MR) is 111 cm³/mol. The Labute approximate surface area is 171 Å². The lowest BCUT2D eigenvalue weighted by Gasteiger charge is -2.30. The first-order chi connectivity index (χ1) is 14.0. The van der Waals surface area contributed by atoms with Gasteiger partial charge < -0.3 is 14.2 Å². The van der Waals surface area contributed by atoms with E-state index in [4.69, 9.17) is 14.2 Å². The third-order valence-corrected chi connectivity index (χ3v) is 5.26. The van der Waals surface area contributed by atoms with Gasteiger partial charge in [0, 0.05) is 11.5 Å². The molecule has 0 unspecified atom stereocenters. The summed E-state index contributed by atoms with van der Waals surface area (Å²) in [6.45, 7) is 3.98. The number of methoxy groups -OCH3 is 2. The van der Waals surface area contributed by atoms with E-state index in [1.54, 1.807) is 39.4 Å². The minimum Gasteiger partial charge on any atom is -0.497 e. The van der Waals surface area contributed by atoms with Crippen molar-refractivity contribution in [3.63, 3.8) is 0 Å². The molecule has 3 rings (SSSR count). The van der Waals surface area contributed by atoms with Gasteiger partial charge in [-0.2, -0.15) is 0 Å². The molecule has 29 heavy (non-hydrogen) atoms. The average molecular weight is 394 g/mol. The maximum absolute atomic E-state index is 13.0. The number of aryl methyl sites for hydroxylation is 1. The molecule has 0 aliphatic heterocycles. The zero-order valence-electron chi connectivity index (χ0n) is 17.2. The first kappa shape index (κ1) is 20.6. The molecule has 5 heteroatoms. The van der Waals surface area contributed by atoms with Gasteiger partial charge in [0.05, 0.1) is 20.8 Å². The molecule has 0 N–H and O–H groups in total. The maximum atomic E-state index is 13.0. The van der Waals surface area contributed by atoms with E-state index in [9.17, 15) is 9.59 Å². The summed E-state index contributed by atoms with van der Waals surface area (Å²) < 4.78 is 16.1. The Kier molecular flexibility index (Phi) is 6.37. The van der Waals surface area contributed by atoms with Crippen molar-refractivity contribution < 1.29 is 23.8 Å². The van der Waals surface area contributed by atoms with Crippen LogP contribution in [0.1, 0.15) is 36.0 Å². The van der Waals surface area contributed by atoms with Crippen molar-refractivity contribution in [3.05, 3.63) is 65.2 Å². The van der Waals surface area contributed by atoms with Gasteiger partial charge in [-0.3, -0.25) is 9.59 Å². The van der Waals surface area contributed by atoms with Crippen molar-refractivity contribution in [2.24, 2.45) is 5.92 Å². The van der Waals surface area contributed by atoms with Crippen molar-refractivity contribution in [3.8, 4) is 11.5 Å². The third-order valence-electron chi connectivity index (χ3n) is 5.26. The van der Waals surface area contributed by atoms with Gasteiger partial charge >= 0.3 is 5.97 Å². The minimum absolute atomic E-state index is 0.221. The second-order valence-electron chi connectivity index (χ2n) is 7.09. The zero-order chi connectivity index (χ0) is 21.0. The van der Waals surface area contributed by atoms with Gasteiger partial charge in [-0.25, -0.2) is 0 Å². The maximum Gasteiger partial charge on any atom is 0.317 e. The molecule has 0 saturated heterocycles. The van der Waals surface area contributed by atoms with Crippen molar-refractivity contribution in [1.82, 2.24) is 0 Å². The molecule has 2 atom stereocenters. The molecule has 0 radical (unpaired) electrons. The summed E-state index contributed by atoms with van der Waals surface area (Å²) in [4.78, 5) is 25.7. The van der Waals surface area contributed by atoms with Crippen LogP contribution in [0.25, 0.3) is 5.57 Å². The van der Waals surface area contributed by atoms with Crippen LogP contribution >= 0.6 is 0 Å². The van der Waals surface area contributed by atoms with Crippen LogP contribution in [0.2, 0.25) is 0 Å². The standard InChI is InChI=1S/C24H26O5/c1-5-29-24(26)23-20(19-14-18(27-3)10-11-22(19)28-4)12-17(13-21(23)25)16-8-6-15(2)7-9-16/h6-11,13-14,20,23H,5,12H2,1-4H3/t20-,23-/m0/s1. The Morgan fingerprint density at radius 2 is 1.79 bits per heavy atom. The normalized spacial score (nSPS) is 18.8. The molecular weight excluding hydrogens is 368 g/mol. The molecule has 0 spiro atoms. The zero-order valence-corrected chi connectivity index (χ0v) is 17.2. The summed E-state index contributed by atoms with van der Waals surface area (Å²) in [5.41, 5.74) is 3.77. The predicted octanol–water partition coefficient (Wildman–Crippen LogP) is 4.33. The topological polar surface area (TPSA) is 61.8 Å². The molecule has 2 aromatic carbocycles. The number of benzene rings is 2. The minimum atomic E-state index is -0.912. The molecule has 0 fully saturated rings. The van der Waals surface area contributed by atoms with E-state index in [2.05, 4.69) is 0 Å². The summed E-state index contributed by atoms with van der Waals surface area (Å²) in [7, 11) is 3.16. The molecule has 2 aromatic rings. The third kappa shape index (κ3) is 4.34. The van der Waals surface area contributed by atoms with Crippen molar-refractivity contribution in [2.45, 2.75) is 26.2 Å². The Hall–Kier alpha value is -3.08. The highest BCUT2D eigenvalue weighted by molar-refractivity contribution is 6.10. The first-order valence-electron chi connectivity index (χ1n) is 9.68. The highest BCUT2D eigenvalue weighted by Gasteiger charge is 2.41. The summed E-state index contributed by atoms with van der Waals surface area (Å²) in [5.74, 6) is -0.824. The smallest absolute Gasteiger partial charge is 0.317 e. The average Bonchev–Trinajstić information content (AvgIpc) is 2.73. The summed E-state index contributed by atoms with van der Waals surface area (Å²) in [6, 6.07) is 13.4. The Balaban J connectivity index is 2.10. The summed E-state index contributed by atoms with van der Waals surface area (Å²) >= 11 is 0. The number of carbonyl (C=O) groups is 2. The van der Waals surface area contributed by atoms with Crippen LogP contribution < -0.4 is 9.47 Å². The second-order valence-corrected chi connectivity index (χ2v) is 7.09. The monoisotopic (exact) mass is 394 g/mol. The fraction of sp³-hybridized carbons (Fsp3) is 0.333. The van der Waals surface area contributed by atoms with Crippen molar-refractivity contribution in [2.75, 3.05) is 20.8 Å². The lowest BCUT2D eigenvalue weighted by atomic mass is 9.73. The van der Waals surface area contributed by atoms with E-state index in [1.165, 1.54) is 0 Å². The molecule has 0 bridgehead atoms. The molecule has 0 heterocycles. The largest absolute Gasteiger partial charge is 0.497 e. The van der Waals surface area contributed by atoms with E-state index < -0.39 is 17.8 Å². The number of hydrogen-bond acceptors (Lipinski definition) is 5. The SMILES string of the molecule is CCOC(=O)[C@@H]1C(=O)C=C(c2ccc(C)cc2)C[C@H]1c1cc(OC)ccc1OC. The highest BCUT2D eigenvalue weighted by Crippen LogP contribution is 2.44. The van der Waals surface area contributed by atoms with Crippen LogP contribution in [0.3, 0.4) is 0 Å². The van der Waals surface area contributed by atoms with Gasteiger partial charge in [-0.1, -0.05) is 29.8 Å². The second kappa shape index (κ2) is 8.95. The van der Waals surface area contributed by atoms with Crippen LogP contribution in [0.4, 0.5) is 0 Å². The van der Waals surface area contributed by atoms with Gasteiger partial charge in [0.2, 0.25) is 0 Å². The van der Waals surface area contributed by atoms with E-state index in [1.807, 2.05) is 37.3 Å². The number of rotatable bonds is 6. The molecule has 0 amide bonds. The molecule has 1 aliphatic rings. The number of ketones is 1. The summed E-state index contributed by atoms with van der Waals surface area (Å²) in [6.07, 6.45) is 2.09. The Morgan fingerprint density at radius 1 is 1.07 bits per heavy atom. The number of allylic oxidation sites excluding steroid dienone is 2. The fourth-order valence-corrected chi connectivity index (χ4v) is 3.77. The molecule has 0 aromatic heterocycles. The van der Waals surface area contributed by atoms with E-state index >= 15 is 0 Å². The fourth-order valence-electron chi connectivity index (χ4n) is 3.77. The lowest BCUT2D eigenvalue weighted by Crippen LogP contribution is -2.34. The van der Waals surface area contributed by atoms with E-state index in [-0.39, 0.29) is 12.4 Å². The van der Waals surface area contributed by atoms with Crippen LogP contribution in [-0.4, -0.2) is 32.6 Å². The molecule has 5 nitrogen and oxygen atoms in total. The molecule has 152 valence electrons. The van der Waals surface area contributed by atoms with Gasteiger partial charge in [0.25, 0.3) is 0 Å². The van der Waals surface area contributed by atoms with Crippen LogP contribution in [0.5, 0.6) is 11.5 Å². The van der Waals surface area contributed by atoms with E-state index in [0.29, 0.717) is 17.9 Å². The quantitative estimate of drug-likeness (QED) is 0.539. The van der Waals surface area contributed by atoms with Gasteiger partial charge in [-0.05, 0) is 55.7 Å². The van der Waals surface area contributed by atoms with E-state index in [0.717, 1.165) is 22.3 Å². The molecule has 1 aliphatic carbocycles. The number of carbonyl (C=O) groups excluding carboxylic acids is 2. The number of hydrogen-bond donors (Lipinski definition) is 0. The van der Waals surface area contributed by atoms with Crippen LogP contribution in [0.15, 0.2) is 48.5 Å².